The number of ketones is 1. The van der Waals surface area contributed by atoms with E-state index in [1.165, 1.54) is 11.3 Å². The van der Waals surface area contributed by atoms with E-state index in [1.807, 2.05) is 56.3 Å². The van der Waals surface area contributed by atoms with Gasteiger partial charge in [-0.15, -0.1) is 11.3 Å². The maximum atomic E-state index is 14.1. The van der Waals surface area contributed by atoms with Crippen molar-refractivity contribution in [3.63, 3.8) is 0 Å². The van der Waals surface area contributed by atoms with Crippen molar-refractivity contribution in [2.24, 2.45) is 11.5 Å². The summed E-state index contributed by atoms with van der Waals surface area (Å²) in [4.78, 5) is 28.0. The van der Waals surface area contributed by atoms with Gasteiger partial charge in [-0.05, 0) is 85.8 Å². The van der Waals surface area contributed by atoms with Crippen LogP contribution >= 0.6 is 11.3 Å². The van der Waals surface area contributed by atoms with Gasteiger partial charge in [-0.2, -0.15) is 0 Å². The Hall–Kier alpha value is -3.76. The number of piperidine rings is 1. The molecule has 1 aromatic heterocycles. The Morgan fingerprint density at radius 1 is 1.10 bits per heavy atom. The van der Waals surface area contributed by atoms with Crippen LogP contribution in [0, 0.1) is 13.8 Å². The Bertz CT molecular complexity index is 1660. The molecule has 206 valence electrons. The number of nitrogens with two attached hydrogens (primary N) is 3. The van der Waals surface area contributed by atoms with Crippen LogP contribution in [0.2, 0.25) is 0 Å². The molecule has 1 aliphatic carbocycles. The van der Waals surface area contributed by atoms with Crippen LogP contribution in [0.4, 0.5) is 5.69 Å². The van der Waals surface area contributed by atoms with Gasteiger partial charge in [0, 0.05) is 29.2 Å². The van der Waals surface area contributed by atoms with Crippen molar-refractivity contribution in [3.05, 3.63) is 87.3 Å². The minimum atomic E-state index is -1.52. The van der Waals surface area contributed by atoms with Crippen LogP contribution in [0.1, 0.15) is 56.4 Å². The number of benzene rings is 3. The van der Waals surface area contributed by atoms with E-state index in [0.29, 0.717) is 49.6 Å². The third-order valence-electron chi connectivity index (χ3n) is 8.00. The normalized spacial score (nSPS) is 22.4. The lowest BCUT2D eigenvalue weighted by Crippen LogP contribution is -2.53. The summed E-state index contributed by atoms with van der Waals surface area (Å²) in [7, 11) is 0. The molecule has 1 saturated heterocycles. The average molecular weight is 556 g/mol. The molecule has 0 spiro atoms. The summed E-state index contributed by atoms with van der Waals surface area (Å²) in [6.07, 6.45) is 1.88. The highest BCUT2D eigenvalue weighted by atomic mass is 32.1. The lowest BCUT2D eigenvalue weighted by molar-refractivity contribution is -0.124. The first-order chi connectivity index (χ1) is 19.2. The molecular formula is C31H33N5O3S. The van der Waals surface area contributed by atoms with Crippen molar-refractivity contribution in [1.82, 2.24) is 10.6 Å². The molecule has 40 heavy (non-hydrogen) atoms. The highest BCUT2D eigenvalue weighted by Crippen LogP contribution is 2.50. The van der Waals surface area contributed by atoms with Gasteiger partial charge in [-0.1, -0.05) is 24.3 Å². The van der Waals surface area contributed by atoms with Crippen LogP contribution < -0.4 is 32.6 Å². The van der Waals surface area contributed by atoms with Crippen LogP contribution in [-0.4, -0.2) is 30.8 Å². The summed E-state index contributed by atoms with van der Waals surface area (Å²) in [6, 6.07) is 15.8. The van der Waals surface area contributed by atoms with Gasteiger partial charge in [0.2, 0.25) is 0 Å². The quantitative estimate of drug-likeness (QED) is 0.233. The molecule has 1 fully saturated rings. The maximum Gasteiger partial charge on any atom is 0.262 e. The second-order valence-electron chi connectivity index (χ2n) is 10.8. The van der Waals surface area contributed by atoms with Crippen molar-refractivity contribution in [2.75, 3.05) is 18.8 Å². The van der Waals surface area contributed by atoms with Gasteiger partial charge < -0.3 is 32.6 Å². The summed E-state index contributed by atoms with van der Waals surface area (Å²) < 4.78 is 6.79. The van der Waals surface area contributed by atoms with Crippen molar-refractivity contribution in [2.45, 2.75) is 44.3 Å². The fourth-order valence-corrected chi connectivity index (χ4v) is 7.21. The van der Waals surface area contributed by atoms with E-state index < -0.39 is 11.6 Å². The van der Waals surface area contributed by atoms with Crippen LogP contribution in [-0.2, 0) is 10.3 Å². The van der Waals surface area contributed by atoms with Gasteiger partial charge in [0.15, 0.2) is 5.78 Å². The van der Waals surface area contributed by atoms with Crippen LogP contribution in [0.3, 0.4) is 0 Å². The monoisotopic (exact) mass is 555 g/mol. The topological polar surface area (TPSA) is 145 Å². The number of carbonyl (C=O) groups is 2. The molecule has 2 heterocycles. The molecule has 3 aromatic carbocycles. The Morgan fingerprint density at radius 3 is 2.60 bits per heavy atom. The zero-order chi connectivity index (χ0) is 28.2. The molecule has 4 aromatic rings. The van der Waals surface area contributed by atoms with E-state index in [2.05, 4.69) is 10.6 Å². The molecule has 9 heteroatoms. The third kappa shape index (κ3) is 4.26. The second kappa shape index (κ2) is 10.0. The van der Waals surface area contributed by atoms with Crippen molar-refractivity contribution >= 4 is 38.8 Å². The molecular weight excluding hydrogens is 522 g/mol. The number of ether oxygens (including phenoxy) is 1. The SMILES string of the molecule is Cc1cccc(Oc2ccc(C3(N)C(=O)C(N)c4c(C(=O)NC5CCCNC5)sc5c(N)ccc3c45)c(C)c2)c1. The predicted octanol–water partition coefficient (Wildman–Crippen LogP) is 4.16. The number of nitrogen functional groups attached to an aromatic ring is 1. The predicted molar refractivity (Wildman–Crippen MR) is 159 cm³/mol. The summed E-state index contributed by atoms with van der Waals surface area (Å²) in [5, 5.41) is 7.13. The number of thiophene rings is 1. The number of anilines is 1. The highest BCUT2D eigenvalue weighted by molar-refractivity contribution is 7.21. The van der Waals surface area contributed by atoms with Crippen LogP contribution in [0.5, 0.6) is 11.5 Å². The summed E-state index contributed by atoms with van der Waals surface area (Å²) in [6.45, 7) is 5.56. The molecule has 6 rings (SSSR count). The van der Waals surface area contributed by atoms with E-state index >= 15 is 0 Å². The van der Waals surface area contributed by atoms with E-state index in [9.17, 15) is 9.59 Å². The minimum Gasteiger partial charge on any atom is -0.457 e. The molecule has 0 radical (unpaired) electrons. The number of hydrogen-bond donors (Lipinski definition) is 5. The van der Waals surface area contributed by atoms with Gasteiger partial charge in [0.1, 0.15) is 17.0 Å². The third-order valence-corrected chi connectivity index (χ3v) is 9.25. The second-order valence-corrected chi connectivity index (χ2v) is 11.8. The fraction of sp³-hybridized carbons (Fsp3) is 0.290. The van der Waals surface area contributed by atoms with Crippen molar-refractivity contribution in [3.8, 4) is 11.5 Å². The Kier molecular flexibility index (Phi) is 6.62. The van der Waals surface area contributed by atoms with E-state index in [-0.39, 0.29) is 17.7 Å². The molecule has 1 amide bonds. The molecule has 8 N–H and O–H groups in total. The number of aryl methyl sites for hydroxylation is 2. The van der Waals surface area contributed by atoms with Gasteiger partial charge in [-0.25, -0.2) is 0 Å². The van der Waals surface area contributed by atoms with E-state index in [4.69, 9.17) is 21.9 Å². The largest absolute Gasteiger partial charge is 0.457 e. The minimum absolute atomic E-state index is 0.0165. The number of rotatable bonds is 5. The maximum absolute atomic E-state index is 14.1. The Balaban J connectivity index is 1.43. The number of nitrogens with one attached hydrogen (secondary N) is 2. The number of amides is 1. The zero-order valence-electron chi connectivity index (χ0n) is 22.5. The zero-order valence-corrected chi connectivity index (χ0v) is 23.4. The van der Waals surface area contributed by atoms with Crippen molar-refractivity contribution in [1.29, 1.82) is 0 Å². The Labute approximate surface area is 236 Å². The van der Waals surface area contributed by atoms with Gasteiger partial charge >= 0.3 is 0 Å². The smallest absolute Gasteiger partial charge is 0.262 e. The van der Waals surface area contributed by atoms with Gasteiger partial charge in [0.25, 0.3) is 5.91 Å². The average Bonchev–Trinajstić information content (AvgIpc) is 3.34. The fourth-order valence-electron chi connectivity index (χ4n) is 6.01. The van der Waals surface area contributed by atoms with Crippen LogP contribution in [0.25, 0.3) is 10.1 Å². The van der Waals surface area contributed by atoms with Crippen LogP contribution in [0.15, 0.2) is 54.6 Å². The standard InChI is InChI=1S/C31H33N5O3S/c1-16-5-3-7-19(13-16)39-20-8-9-21(17(2)14-20)31(34)22-10-11-23(32)27-24(22)25(26(33)29(31)37)28(40-27)30(38)36-18-6-4-12-35-15-18/h3,5,7-11,13-14,18,26,35H,4,6,12,15,32-34H2,1-2H3,(H,36,38). The molecule has 1 aliphatic heterocycles. The first-order valence-corrected chi connectivity index (χ1v) is 14.3. The summed E-state index contributed by atoms with van der Waals surface area (Å²) in [5.41, 5.74) is 22.7. The van der Waals surface area contributed by atoms with Gasteiger partial charge in [0.05, 0.1) is 15.6 Å². The molecule has 0 bridgehead atoms. The molecule has 8 nitrogen and oxygen atoms in total. The molecule has 2 aliphatic rings. The lowest BCUT2D eigenvalue weighted by Gasteiger charge is -2.37. The molecule has 3 atom stereocenters. The van der Waals surface area contributed by atoms with E-state index in [1.54, 1.807) is 12.1 Å². The highest BCUT2D eigenvalue weighted by Gasteiger charge is 2.49. The summed E-state index contributed by atoms with van der Waals surface area (Å²) in [5.74, 6) is 0.756. The molecule has 3 unspecified atom stereocenters. The lowest BCUT2D eigenvalue weighted by atomic mass is 9.69. The molecule has 0 saturated carbocycles. The summed E-state index contributed by atoms with van der Waals surface area (Å²) >= 11 is 1.27. The first-order valence-electron chi connectivity index (χ1n) is 13.5. The number of Topliss-reactive ketones (excluding diaryl/α,β-unsaturated/α-hetero) is 1. The Morgan fingerprint density at radius 2 is 1.88 bits per heavy atom. The van der Waals surface area contributed by atoms with Crippen molar-refractivity contribution < 1.29 is 14.3 Å². The number of hydrogen-bond acceptors (Lipinski definition) is 8. The van der Waals surface area contributed by atoms with E-state index in [0.717, 1.165) is 36.3 Å². The van der Waals surface area contributed by atoms with Gasteiger partial charge in [-0.3, -0.25) is 9.59 Å². The first kappa shape index (κ1) is 26.5. The number of carbonyl (C=O) groups excluding carboxylic acids is 2.